The number of allylic oxidation sites excluding steroid dienone is 3. The van der Waals surface area contributed by atoms with Crippen molar-refractivity contribution in [2.45, 2.75) is 12.8 Å². The number of carboxylic acid groups (broad SMARTS) is 1. The molecule has 0 bridgehead atoms. The fourth-order valence-electron chi connectivity index (χ4n) is 1.84. The van der Waals surface area contributed by atoms with Gasteiger partial charge in [-0.05, 0) is 41.7 Å². The standard InChI is InChI=1S/C13H11ClO2/c14-12-3-1-2-10(8-12)11-5-4-9(6-11)7-13(15)16/h1-3,6-8H,4-5H2,(H,15,16)/b9-7+. The maximum atomic E-state index is 10.5. The molecule has 1 aliphatic rings. The Hall–Kier alpha value is -1.54. The van der Waals surface area contributed by atoms with E-state index in [4.69, 9.17) is 16.7 Å². The molecule has 1 aliphatic carbocycles. The van der Waals surface area contributed by atoms with Crippen LogP contribution >= 0.6 is 11.6 Å². The minimum Gasteiger partial charge on any atom is -0.478 e. The van der Waals surface area contributed by atoms with Crippen LogP contribution in [-0.2, 0) is 4.79 Å². The number of rotatable bonds is 2. The van der Waals surface area contributed by atoms with Crippen LogP contribution in [0, 0.1) is 0 Å². The lowest BCUT2D eigenvalue weighted by Crippen LogP contribution is -1.88. The molecular formula is C13H11ClO2. The topological polar surface area (TPSA) is 37.3 Å². The van der Waals surface area contributed by atoms with Crippen LogP contribution in [0.25, 0.3) is 5.57 Å². The fraction of sp³-hybridized carbons (Fsp3) is 0.154. The molecular weight excluding hydrogens is 224 g/mol. The molecule has 1 aromatic rings. The Morgan fingerprint density at radius 2 is 2.19 bits per heavy atom. The van der Waals surface area contributed by atoms with Crippen molar-refractivity contribution in [3.63, 3.8) is 0 Å². The van der Waals surface area contributed by atoms with Gasteiger partial charge in [-0.1, -0.05) is 29.8 Å². The van der Waals surface area contributed by atoms with Crippen LogP contribution < -0.4 is 0 Å². The fourth-order valence-corrected chi connectivity index (χ4v) is 2.03. The van der Waals surface area contributed by atoms with Gasteiger partial charge in [-0.15, -0.1) is 0 Å². The summed E-state index contributed by atoms with van der Waals surface area (Å²) in [6, 6.07) is 7.62. The first-order valence-corrected chi connectivity index (χ1v) is 5.43. The Morgan fingerprint density at radius 1 is 1.38 bits per heavy atom. The quantitative estimate of drug-likeness (QED) is 0.795. The van der Waals surface area contributed by atoms with E-state index in [2.05, 4.69) is 0 Å². The minimum atomic E-state index is -0.890. The summed E-state index contributed by atoms with van der Waals surface area (Å²) in [6.07, 6.45) is 4.85. The van der Waals surface area contributed by atoms with E-state index in [1.807, 2.05) is 30.3 Å². The Kier molecular flexibility index (Phi) is 3.11. The molecule has 0 heterocycles. The molecule has 3 heteroatoms. The van der Waals surface area contributed by atoms with Gasteiger partial charge in [-0.25, -0.2) is 4.79 Å². The third-order valence-corrected chi connectivity index (χ3v) is 2.78. The summed E-state index contributed by atoms with van der Waals surface area (Å²) in [5.41, 5.74) is 3.08. The van der Waals surface area contributed by atoms with Gasteiger partial charge >= 0.3 is 5.97 Å². The molecule has 1 aromatic carbocycles. The molecule has 0 saturated carbocycles. The Morgan fingerprint density at radius 3 is 2.88 bits per heavy atom. The van der Waals surface area contributed by atoms with Crippen molar-refractivity contribution < 1.29 is 9.90 Å². The van der Waals surface area contributed by atoms with Crippen LogP contribution in [0.3, 0.4) is 0 Å². The van der Waals surface area contributed by atoms with E-state index >= 15 is 0 Å². The largest absolute Gasteiger partial charge is 0.478 e. The van der Waals surface area contributed by atoms with Crippen molar-refractivity contribution in [1.82, 2.24) is 0 Å². The van der Waals surface area contributed by atoms with Gasteiger partial charge in [-0.2, -0.15) is 0 Å². The molecule has 1 N–H and O–H groups in total. The number of hydrogen-bond donors (Lipinski definition) is 1. The summed E-state index contributed by atoms with van der Waals surface area (Å²) < 4.78 is 0. The first kappa shape index (κ1) is 11.0. The summed E-state index contributed by atoms with van der Waals surface area (Å²) in [6.45, 7) is 0. The smallest absolute Gasteiger partial charge is 0.328 e. The van der Waals surface area contributed by atoms with Crippen LogP contribution in [0.5, 0.6) is 0 Å². The highest BCUT2D eigenvalue weighted by Gasteiger charge is 2.12. The van der Waals surface area contributed by atoms with Crippen molar-refractivity contribution in [3.8, 4) is 0 Å². The zero-order valence-electron chi connectivity index (χ0n) is 8.61. The van der Waals surface area contributed by atoms with E-state index in [0.29, 0.717) is 5.02 Å². The van der Waals surface area contributed by atoms with Crippen molar-refractivity contribution >= 4 is 23.1 Å². The second kappa shape index (κ2) is 4.54. The van der Waals surface area contributed by atoms with Crippen LogP contribution in [0.2, 0.25) is 5.02 Å². The highest BCUT2D eigenvalue weighted by Crippen LogP contribution is 2.31. The Bertz CT molecular complexity index is 486. The maximum absolute atomic E-state index is 10.5. The normalized spacial score (nSPS) is 17.6. The molecule has 0 fully saturated rings. The summed E-state index contributed by atoms with van der Waals surface area (Å²) in [5.74, 6) is -0.890. The number of halogens is 1. The number of hydrogen-bond acceptors (Lipinski definition) is 1. The van der Waals surface area contributed by atoms with Crippen LogP contribution in [-0.4, -0.2) is 11.1 Å². The van der Waals surface area contributed by atoms with Crippen LogP contribution in [0.4, 0.5) is 0 Å². The molecule has 2 rings (SSSR count). The first-order chi connectivity index (χ1) is 7.65. The SMILES string of the molecule is O=C(O)/C=C1/C=C(c2cccc(Cl)c2)CC1. The van der Waals surface area contributed by atoms with Gasteiger partial charge in [0, 0.05) is 11.1 Å². The van der Waals surface area contributed by atoms with Crippen molar-refractivity contribution in [3.05, 3.63) is 52.6 Å². The molecule has 82 valence electrons. The molecule has 0 spiro atoms. The third kappa shape index (κ3) is 2.52. The molecule has 0 unspecified atom stereocenters. The zero-order valence-corrected chi connectivity index (χ0v) is 9.37. The number of carbonyl (C=O) groups is 1. The van der Waals surface area contributed by atoms with E-state index in [-0.39, 0.29) is 0 Å². The molecule has 0 saturated heterocycles. The lowest BCUT2D eigenvalue weighted by molar-refractivity contribution is -0.131. The van der Waals surface area contributed by atoms with Crippen molar-refractivity contribution in [1.29, 1.82) is 0 Å². The highest BCUT2D eigenvalue weighted by molar-refractivity contribution is 6.30. The molecule has 0 aromatic heterocycles. The number of aliphatic carboxylic acids is 1. The highest BCUT2D eigenvalue weighted by atomic mass is 35.5. The molecule has 16 heavy (non-hydrogen) atoms. The van der Waals surface area contributed by atoms with Crippen molar-refractivity contribution in [2.24, 2.45) is 0 Å². The number of carboxylic acids is 1. The zero-order chi connectivity index (χ0) is 11.5. The maximum Gasteiger partial charge on any atom is 0.328 e. The van der Waals surface area contributed by atoms with Crippen LogP contribution in [0.15, 0.2) is 42.0 Å². The molecule has 0 aliphatic heterocycles. The second-order valence-electron chi connectivity index (χ2n) is 3.74. The van der Waals surface area contributed by atoms with E-state index < -0.39 is 5.97 Å². The van der Waals surface area contributed by atoms with E-state index in [9.17, 15) is 4.79 Å². The molecule has 0 amide bonds. The summed E-state index contributed by atoms with van der Waals surface area (Å²) in [7, 11) is 0. The Labute approximate surface area is 98.9 Å². The molecule has 0 atom stereocenters. The molecule has 2 nitrogen and oxygen atoms in total. The van der Waals surface area contributed by atoms with E-state index in [1.165, 1.54) is 6.08 Å². The van der Waals surface area contributed by atoms with E-state index in [0.717, 1.165) is 29.6 Å². The van der Waals surface area contributed by atoms with E-state index in [1.54, 1.807) is 0 Å². The van der Waals surface area contributed by atoms with Gasteiger partial charge in [0.05, 0.1) is 0 Å². The summed E-state index contributed by atoms with van der Waals surface area (Å²) in [4.78, 5) is 10.5. The lowest BCUT2D eigenvalue weighted by Gasteiger charge is -2.00. The van der Waals surface area contributed by atoms with Gasteiger partial charge in [0.2, 0.25) is 0 Å². The van der Waals surface area contributed by atoms with Gasteiger partial charge in [-0.3, -0.25) is 0 Å². The second-order valence-corrected chi connectivity index (χ2v) is 4.17. The van der Waals surface area contributed by atoms with Gasteiger partial charge < -0.3 is 5.11 Å². The first-order valence-electron chi connectivity index (χ1n) is 5.05. The van der Waals surface area contributed by atoms with Crippen LogP contribution in [0.1, 0.15) is 18.4 Å². The number of benzene rings is 1. The van der Waals surface area contributed by atoms with Gasteiger partial charge in [0.15, 0.2) is 0 Å². The lowest BCUT2D eigenvalue weighted by atomic mass is 10.1. The predicted octanol–water partition coefficient (Wildman–Crippen LogP) is 3.53. The summed E-state index contributed by atoms with van der Waals surface area (Å²) in [5, 5.41) is 9.35. The summed E-state index contributed by atoms with van der Waals surface area (Å²) >= 11 is 5.91. The third-order valence-electron chi connectivity index (χ3n) is 2.55. The molecule has 0 radical (unpaired) electrons. The monoisotopic (exact) mass is 234 g/mol. The van der Waals surface area contributed by atoms with Gasteiger partial charge in [0.1, 0.15) is 0 Å². The Balaban J connectivity index is 2.28. The van der Waals surface area contributed by atoms with Crippen molar-refractivity contribution in [2.75, 3.05) is 0 Å². The average molecular weight is 235 g/mol. The van der Waals surface area contributed by atoms with Gasteiger partial charge in [0.25, 0.3) is 0 Å². The minimum absolute atomic E-state index is 0.703. The predicted molar refractivity (Wildman–Crippen MR) is 64.4 cm³/mol. The average Bonchev–Trinajstić information content (AvgIpc) is 2.65.